The highest BCUT2D eigenvalue weighted by Gasteiger charge is 2.22. The third-order valence-corrected chi connectivity index (χ3v) is 2.55. The largest absolute Gasteiger partial charge is 0.497 e. The van der Waals surface area contributed by atoms with Crippen LogP contribution in [-0.2, 0) is 4.74 Å². The third kappa shape index (κ3) is 5.13. The van der Waals surface area contributed by atoms with Crippen molar-refractivity contribution in [3.05, 3.63) is 35.9 Å². The van der Waals surface area contributed by atoms with E-state index >= 15 is 0 Å². The van der Waals surface area contributed by atoms with Gasteiger partial charge in [0.05, 0.1) is 7.11 Å². The molecule has 0 radical (unpaired) electrons. The average molecular weight is 298 g/mol. The number of nitrogens with zero attached hydrogens (tertiary/aromatic N) is 1. The van der Waals surface area contributed by atoms with Gasteiger partial charge in [0.15, 0.2) is 0 Å². The van der Waals surface area contributed by atoms with E-state index in [2.05, 4.69) is 0 Å². The Balaban J connectivity index is 2.95. The van der Waals surface area contributed by atoms with Gasteiger partial charge in [-0.25, -0.2) is 4.79 Å². The molecule has 110 valence electrons. The first-order valence-electron chi connectivity index (χ1n) is 6.27. The summed E-state index contributed by atoms with van der Waals surface area (Å²) in [7, 11) is 1.59. The first-order chi connectivity index (χ1) is 9.37. The number of carbonyl (C=O) groups excluding carboxylic acids is 1. The van der Waals surface area contributed by atoms with Gasteiger partial charge in [0.2, 0.25) is 0 Å². The molecule has 0 heterocycles. The normalized spacial score (nSPS) is 11.4. The molecule has 0 unspecified atom stereocenters. The summed E-state index contributed by atoms with van der Waals surface area (Å²) in [6.45, 7) is 5.82. The van der Waals surface area contributed by atoms with E-state index < -0.39 is 11.7 Å². The lowest BCUT2D eigenvalue weighted by molar-refractivity contribution is 0.0584. The summed E-state index contributed by atoms with van der Waals surface area (Å²) in [4.78, 5) is 13.7. The van der Waals surface area contributed by atoms with Crippen LogP contribution in [0.3, 0.4) is 0 Å². The lowest BCUT2D eigenvalue weighted by Crippen LogP contribution is -2.37. The number of hydrogen-bond donors (Lipinski definition) is 0. The Morgan fingerprint density at radius 3 is 2.35 bits per heavy atom. The second-order valence-corrected chi connectivity index (χ2v) is 5.40. The summed E-state index contributed by atoms with van der Waals surface area (Å²) < 4.78 is 10.5. The lowest BCUT2D eigenvalue weighted by Gasteiger charge is -2.26. The van der Waals surface area contributed by atoms with E-state index in [0.29, 0.717) is 6.54 Å². The highest BCUT2D eigenvalue weighted by Crippen LogP contribution is 2.21. The molecule has 1 rings (SSSR count). The second-order valence-electron chi connectivity index (χ2n) is 5.15. The molecular formula is C15H20ClNO3. The zero-order chi connectivity index (χ0) is 15.2. The molecule has 1 aromatic rings. The standard InChI is InChI=1S/C15H20ClNO3/c1-15(2,3)20-14(18)17(11-5-10-16)12-6-8-13(19-4)9-7-12/h5-10H,11H2,1-4H3/b10-5+. The number of ether oxygens (including phenoxy) is 2. The average Bonchev–Trinajstić information content (AvgIpc) is 2.38. The first kappa shape index (κ1) is 16.4. The van der Waals surface area contributed by atoms with Gasteiger partial charge in [-0.05, 0) is 45.0 Å². The summed E-state index contributed by atoms with van der Waals surface area (Å²) in [6.07, 6.45) is 1.26. The van der Waals surface area contributed by atoms with E-state index in [9.17, 15) is 4.79 Å². The van der Waals surface area contributed by atoms with Crippen LogP contribution in [0.2, 0.25) is 0 Å². The van der Waals surface area contributed by atoms with Gasteiger partial charge in [-0.2, -0.15) is 0 Å². The van der Waals surface area contributed by atoms with E-state index in [1.807, 2.05) is 20.8 Å². The molecule has 4 nitrogen and oxygen atoms in total. The van der Waals surface area contributed by atoms with Crippen LogP contribution in [0.1, 0.15) is 20.8 Å². The van der Waals surface area contributed by atoms with Gasteiger partial charge in [-0.15, -0.1) is 0 Å². The molecule has 5 heteroatoms. The van der Waals surface area contributed by atoms with Gasteiger partial charge < -0.3 is 9.47 Å². The van der Waals surface area contributed by atoms with Crippen LogP contribution in [0.4, 0.5) is 10.5 Å². The molecule has 1 amide bonds. The van der Waals surface area contributed by atoms with Gasteiger partial charge in [-0.1, -0.05) is 17.7 Å². The number of methoxy groups -OCH3 is 1. The molecule has 0 aromatic heterocycles. The van der Waals surface area contributed by atoms with Crippen molar-refractivity contribution in [3.8, 4) is 5.75 Å². The molecule has 20 heavy (non-hydrogen) atoms. The quantitative estimate of drug-likeness (QED) is 0.836. The molecule has 0 N–H and O–H groups in total. The van der Waals surface area contributed by atoms with Gasteiger partial charge in [0.1, 0.15) is 11.4 Å². The summed E-state index contributed by atoms with van der Waals surface area (Å²) in [5, 5.41) is 0. The van der Waals surface area contributed by atoms with Crippen LogP contribution in [0.25, 0.3) is 0 Å². The Morgan fingerprint density at radius 2 is 1.90 bits per heavy atom. The van der Waals surface area contributed by atoms with Crippen molar-refractivity contribution in [1.29, 1.82) is 0 Å². The minimum Gasteiger partial charge on any atom is -0.497 e. The molecule has 0 saturated heterocycles. The van der Waals surface area contributed by atoms with E-state index in [0.717, 1.165) is 11.4 Å². The zero-order valence-corrected chi connectivity index (χ0v) is 13.0. The maximum atomic E-state index is 12.2. The molecule has 0 spiro atoms. The lowest BCUT2D eigenvalue weighted by atomic mass is 10.2. The van der Waals surface area contributed by atoms with Crippen LogP contribution in [0.15, 0.2) is 35.9 Å². The Hall–Kier alpha value is -1.68. The predicted octanol–water partition coefficient (Wildman–Crippen LogP) is 4.19. The third-order valence-electron chi connectivity index (χ3n) is 2.38. The fourth-order valence-corrected chi connectivity index (χ4v) is 1.59. The molecule has 0 aliphatic rings. The highest BCUT2D eigenvalue weighted by atomic mass is 35.5. The molecule has 0 aliphatic heterocycles. The first-order valence-corrected chi connectivity index (χ1v) is 6.71. The van der Waals surface area contributed by atoms with Crippen molar-refractivity contribution < 1.29 is 14.3 Å². The zero-order valence-electron chi connectivity index (χ0n) is 12.2. The number of rotatable bonds is 4. The number of carbonyl (C=O) groups is 1. The second kappa shape index (κ2) is 7.20. The van der Waals surface area contributed by atoms with Crippen LogP contribution in [-0.4, -0.2) is 25.3 Å². The Labute approximate surface area is 124 Å². The number of hydrogen-bond acceptors (Lipinski definition) is 3. The van der Waals surface area contributed by atoms with Gasteiger partial charge in [0, 0.05) is 17.8 Å². The van der Waals surface area contributed by atoms with Crippen LogP contribution >= 0.6 is 11.6 Å². The molecule has 0 saturated carbocycles. The van der Waals surface area contributed by atoms with Gasteiger partial charge >= 0.3 is 6.09 Å². The molecule has 1 aromatic carbocycles. The summed E-state index contributed by atoms with van der Waals surface area (Å²) in [5.41, 5.74) is 1.54. The Bertz CT molecular complexity index is 463. The van der Waals surface area contributed by atoms with Crippen LogP contribution in [0, 0.1) is 0 Å². The fourth-order valence-electron chi connectivity index (χ4n) is 1.51. The number of amides is 1. The number of benzene rings is 1. The monoisotopic (exact) mass is 297 g/mol. The minimum atomic E-state index is -0.549. The molecular weight excluding hydrogens is 278 g/mol. The van der Waals surface area contributed by atoms with Crippen molar-refractivity contribution in [2.24, 2.45) is 0 Å². The highest BCUT2D eigenvalue weighted by molar-refractivity contribution is 6.25. The smallest absolute Gasteiger partial charge is 0.415 e. The Kier molecular flexibility index (Phi) is 5.89. The molecule has 0 atom stereocenters. The number of halogens is 1. The minimum absolute atomic E-state index is 0.338. The van der Waals surface area contributed by atoms with Crippen molar-refractivity contribution in [2.75, 3.05) is 18.6 Å². The fraction of sp³-hybridized carbons (Fsp3) is 0.400. The van der Waals surface area contributed by atoms with Crippen molar-refractivity contribution in [2.45, 2.75) is 26.4 Å². The van der Waals surface area contributed by atoms with E-state index in [1.54, 1.807) is 37.5 Å². The summed E-state index contributed by atoms with van der Waals surface area (Å²) >= 11 is 5.54. The Morgan fingerprint density at radius 1 is 1.30 bits per heavy atom. The van der Waals surface area contributed by atoms with E-state index in [4.69, 9.17) is 21.1 Å². The summed E-state index contributed by atoms with van der Waals surface area (Å²) in [6, 6.07) is 7.17. The van der Waals surface area contributed by atoms with Crippen LogP contribution in [0.5, 0.6) is 5.75 Å². The van der Waals surface area contributed by atoms with Crippen molar-refractivity contribution in [3.63, 3.8) is 0 Å². The maximum absolute atomic E-state index is 12.2. The van der Waals surface area contributed by atoms with E-state index in [-0.39, 0.29) is 0 Å². The topological polar surface area (TPSA) is 38.8 Å². The molecule has 0 aliphatic carbocycles. The maximum Gasteiger partial charge on any atom is 0.415 e. The van der Waals surface area contributed by atoms with E-state index in [1.165, 1.54) is 10.4 Å². The summed E-state index contributed by atoms with van der Waals surface area (Å²) in [5.74, 6) is 0.728. The van der Waals surface area contributed by atoms with Gasteiger partial charge in [0.25, 0.3) is 0 Å². The molecule has 0 fully saturated rings. The van der Waals surface area contributed by atoms with Crippen molar-refractivity contribution in [1.82, 2.24) is 0 Å². The van der Waals surface area contributed by atoms with Crippen LogP contribution < -0.4 is 9.64 Å². The van der Waals surface area contributed by atoms with Gasteiger partial charge in [-0.3, -0.25) is 4.90 Å². The number of anilines is 1. The van der Waals surface area contributed by atoms with Crippen molar-refractivity contribution >= 4 is 23.4 Å². The predicted molar refractivity (Wildman–Crippen MR) is 81.6 cm³/mol. The molecule has 0 bridgehead atoms. The SMILES string of the molecule is COc1ccc(N(C/C=C/Cl)C(=O)OC(C)(C)C)cc1.